The molecule has 0 spiro atoms. The lowest BCUT2D eigenvalue weighted by molar-refractivity contribution is -0.147. The fraction of sp³-hybridized carbons (Fsp3) is 0.400. The van der Waals surface area contributed by atoms with E-state index in [4.69, 9.17) is 9.47 Å². The van der Waals surface area contributed by atoms with Gasteiger partial charge in [0.05, 0.1) is 12.3 Å². The van der Waals surface area contributed by atoms with Gasteiger partial charge in [0.25, 0.3) is 5.91 Å². The van der Waals surface area contributed by atoms with E-state index in [1.165, 1.54) is 4.90 Å². The largest absolute Gasteiger partial charge is 0.482 e. The highest BCUT2D eigenvalue weighted by molar-refractivity contribution is 9.10. The number of anilines is 1. The molecule has 2 aliphatic rings. The smallest absolute Gasteiger partial charge is 0.331 e. The minimum atomic E-state index is -1.44. The number of nitrogens with zero attached hydrogens (tertiary/aromatic N) is 1. The molecule has 2 amide bonds. The zero-order chi connectivity index (χ0) is 17.3. The Labute approximate surface area is 145 Å². The number of hydrogen-bond acceptors (Lipinski definition) is 5. The van der Waals surface area contributed by atoms with Gasteiger partial charge in [-0.05, 0) is 18.2 Å². The number of ether oxygens (including phenoxy) is 2. The van der Waals surface area contributed by atoms with E-state index in [-0.39, 0.29) is 38.7 Å². The molecule has 3 rings (SSSR count). The number of benzene rings is 1. The first-order valence-electron chi connectivity index (χ1n) is 7.26. The van der Waals surface area contributed by atoms with Gasteiger partial charge in [-0.25, -0.2) is 4.79 Å². The molecule has 0 aliphatic carbocycles. The van der Waals surface area contributed by atoms with Crippen LogP contribution >= 0.6 is 15.9 Å². The second-order valence-corrected chi connectivity index (χ2v) is 6.53. The number of halogens is 1. The second-order valence-electron chi connectivity index (χ2n) is 5.62. The molecule has 2 N–H and O–H groups in total. The van der Waals surface area contributed by atoms with Gasteiger partial charge in [-0.3, -0.25) is 14.5 Å². The molecule has 1 unspecified atom stereocenters. The molecule has 0 bridgehead atoms. The number of hydrogen-bond donors (Lipinski definition) is 2. The van der Waals surface area contributed by atoms with Crippen LogP contribution in [0.4, 0.5) is 5.69 Å². The fourth-order valence-electron chi connectivity index (χ4n) is 2.69. The van der Waals surface area contributed by atoms with Crippen molar-refractivity contribution in [2.75, 3.05) is 31.3 Å². The van der Waals surface area contributed by atoms with Crippen molar-refractivity contribution in [2.24, 2.45) is 0 Å². The van der Waals surface area contributed by atoms with Crippen LogP contribution in [0.25, 0.3) is 0 Å². The lowest BCUT2D eigenvalue weighted by atomic mass is 9.99. The van der Waals surface area contributed by atoms with Crippen molar-refractivity contribution < 1.29 is 29.0 Å². The number of nitrogens with one attached hydrogen (secondary N) is 1. The van der Waals surface area contributed by atoms with Crippen molar-refractivity contribution in [3.63, 3.8) is 0 Å². The Balaban J connectivity index is 1.77. The third-order valence-electron chi connectivity index (χ3n) is 3.98. The Kier molecular flexibility index (Phi) is 4.46. The van der Waals surface area contributed by atoms with Gasteiger partial charge in [0.1, 0.15) is 12.3 Å². The highest BCUT2D eigenvalue weighted by Crippen LogP contribution is 2.34. The number of carbonyl (C=O) groups is 3. The topological polar surface area (TPSA) is 105 Å². The van der Waals surface area contributed by atoms with Crippen molar-refractivity contribution in [3.8, 4) is 5.75 Å². The standard InChI is InChI=1S/C15H15BrN2O6/c16-9-1-2-10-11(5-9)24-7-13(20)18(10)6-12(19)17-15(14(21)22)3-4-23-8-15/h1-2,5H,3-4,6-8H2,(H,17,19)(H,21,22). The van der Waals surface area contributed by atoms with Crippen LogP contribution in [-0.2, 0) is 19.1 Å². The number of aliphatic carboxylic acids is 1. The highest BCUT2D eigenvalue weighted by atomic mass is 79.9. The van der Waals surface area contributed by atoms with Crippen LogP contribution in [0, 0.1) is 0 Å². The van der Waals surface area contributed by atoms with Crippen LogP contribution in [0.1, 0.15) is 6.42 Å². The summed E-state index contributed by atoms with van der Waals surface area (Å²) in [5.74, 6) is -1.60. The van der Waals surface area contributed by atoms with Crippen LogP contribution in [0.5, 0.6) is 5.75 Å². The molecule has 1 aromatic carbocycles. The summed E-state index contributed by atoms with van der Waals surface area (Å²) < 4.78 is 11.2. The van der Waals surface area contributed by atoms with Crippen molar-refractivity contribution in [3.05, 3.63) is 22.7 Å². The van der Waals surface area contributed by atoms with Crippen LogP contribution in [0.15, 0.2) is 22.7 Å². The molecule has 9 heteroatoms. The molecule has 0 saturated carbocycles. The molecule has 2 aliphatic heterocycles. The van der Waals surface area contributed by atoms with Gasteiger partial charge in [-0.15, -0.1) is 0 Å². The lowest BCUT2D eigenvalue weighted by Gasteiger charge is -2.30. The molecule has 0 radical (unpaired) electrons. The predicted molar refractivity (Wildman–Crippen MR) is 85.9 cm³/mol. The number of carboxylic acid groups (broad SMARTS) is 1. The number of rotatable bonds is 4. The van der Waals surface area contributed by atoms with E-state index in [9.17, 15) is 19.5 Å². The Morgan fingerprint density at radius 2 is 2.21 bits per heavy atom. The monoisotopic (exact) mass is 398 g/mol. The van der Waals surface area contributed by atoms with Crippen molar-refractivity contribution in [1.29, 1.82) is 0 Å². The predicted octanol–water partition coefficient (Wildman–Crippen LogP) is 0.534. The van der Waals surface area contributed by atoms with Gasteiger partial charge in [0, 0.05) is 17.5 Å². The summed E-state index contributed by atoms with van der Waals surface area (Å²) in [6.45, 7) is -0.287. The third-order valence-corrected chi connectivity index (χ3v) is 4.47. The number of amides is 2. The summed E-state index contributed by atoms with van der Waals surface area (Å²) in [6.07, 6.45) is 0.189. The molecule has 8 nitrogen and oxygen atoms in total. The van der Waals surface area contributed by atoms with E-state index < -0.39 is 17.4 Å². The average Bonchev–Trinajstić information content (AvgIpc) is 3.00. The van der Waals surface area contributed by atoms with Gasteiger partial charge < -0.3 is 19.9 Å². The van der Waals surface area contributed by atoms with Gasteiger partial charge >= 0.3 is 5.97 Å². The van der Waals surface area contributed by atoms with Crippen LogP contribution in [0.3, 0.4) is 0 Å². The number of carbonyl (C=O) groups excluding carboxylic acids is 2. The van der Waals surface area contributed by atoms with Crippen molar-refractivity contribution in [1.82, 2.24) is 5.32 Å². The molecular formula is C15H15BrN2O6. The fourth-order valence-corrected chi connectivity index (χ4v) is 3.03. The number of fused-ring (bicyclic) bond motifs is 1. The van der Waals surface area contributed by atoms with Gasteiger partial charge in [0.2, 0.25) is 5.91 Å². The maximum Gasteiger partial charge on any atom is 0.331 e. The van der Waals surface area contributed by atoms with Crippen molar-refractivity contribution >= 4 is 39.4 Å². The van der Waals surface area contributed by atoms with E-state index in [1.807, 2.05) is 0 Å². The summed E-state index contributed by atoms with van der Waals surface area (Å²) in [7, 11) is 0. The zero-order valence-electron chi connectivity index (χ0n) is 12.6. The summed E-state index contributed by atoms with van der Waals surface area (Å²) in [5.41, 5.74) is -0.966. The van der Waals surface area contributed by atoms with Crippen LogP contribution in [0.2, 0.25) is 0 Å². The van der Waals surface area contributed by atoms with E-state index in [0.717, 1.165) is 4.47 Å². The SMILES string of the molecule is O=C(CN1C(=O)COc2cc(Br)ccc21)NC1(C(=O)O)CCOC1. The first-order chi connectivity index (χ1) is 11.4. The molecule has 128 valence electrons. The maximum atomic E-state index is 12.3. The highest BCUT2D eigenvalue weighted by Gasteiger charge is 2.44. The number of carboxylic acids is 1. The minimum Gasteiger partial charge on any atom is -0.482 e. The van der Waals surface area contributed by atoms with E-state index in [2.05, 4.69) is 21.2 Å². The molecule has 1 atom stereocenters. The maximum absolute atomic E-state index is 12.3. The molecule has 1 fully saturated rings. The second kappa shape index (κ2) is 6.40. The molecule has 1 saturated heterocycles. The lowest BCUT2D eigenvalue weighted by Crippen LogP contribution is -2.58. The summed E-state index contributed by atoms with van der Waals surface area (Å²) in [6, 6.07) is 5.10. The molecule has 2 heterocycles. The Bertz CT molecular complexity index is 701. The first kappa shape index (κ1) is 16.7. The van der Waals surface area contributed by atoms with Crippen LogP contribution < -0.4 is 15.0 Å². The van der Waals surface area contributed by atoms with Gasteiger partial charge in [0.15, 0.2) is 12.1 Å². The summed E-state index contributed by atoms with van der Waals surface area (Å²) >= 11 is 3.32. The third kappa shape index (κ3) is 3.09. The van der Waals surface area contributed by atoms with Gasteiger partial charge in [-0.1, -0.05) is 15.9 Å². The summed E-state index contributed by atoms with van der Waals surface area (Å²) in [5, 5.41) is 11.9. The van der Waals surface area contributed by atoms with E-state index in [0.29, 0.717) is 11.4 Å². The van der Waals surface area contributed by atoms with Gasteiger partial charge in [-0.2, -0.15) is 0 Å². The average molecular weight is 399 g/mol. The molecule has 0 aromatic heterocycles. The normalized spacial score (nSPS) is 22.7. The summed E-state index contributed by atoms with van der Waals surface area (Å²) in [4.78, 5) is 37.2. The Morgan fingerprint density at radius 1 is 1.42 bits per heavy atom. The first-order valence-corrected chi connectivity index (χ1v) is 8.05. The quantitative estimate of drug-likeness (QED) is 0.766. The minimum absolute atomic E-state index is 0.0886. The van der Waals surface area contributed by atoms with Crippen molar-refractivity contribution in [2.45, 2.75) is 12.0 Å². The van der Waals surface area contributed by atoms with E-state index >= 15 is 0 Å². The Hall–Kier alpha value is -2.13. The van der Waals surface area contributed by atoms with Crippen LogP contribution in [-0.4, -0.2) is 54.8 Å². The Morgan fingerprint density at radius 3 is 2.88 bits per heavy atom. The van der Waals surface area contributed by atoms with E-state index in [1.54, 1.807) is 18.2 Å². The zero-order valence-corrected chi connectivity index (χ0v) is 14.2. The molecule has 24 heavy (non-hydrogen) atoms. The molecule has 1 aromatic rings. The molecular weight excluding hydrogens is 384 g/mol.